The van der Waals surface area contributed by atoms with Crippen molar-refractivity contribution in [3.8, 4) is 11.5 Å². The highest BCUT2D eigenvalue weighted by molar-refractivity contribution is 7.85. The lowest BCUT2D eigenvalue weighted by atomic mass is 10.0. The first kappa shape index (κ1) is 30.3. The second-order valence-corrected chi connectivity index (χ2v) is 10.5. The number of aryl methyl sites for hydroxylation is 1. The van der Waals surface area contributed by atoms with Gasteiger partial charge in [0.1, 0.15) is 0 Å². The summed E-state index contributed by atoms with van der Waals surface area (Å²) in [5.41, 5.74) is 2.41. The minimum absolute atomic E-state index is 0.0321. The third-order valence-corrected chi connectivity index (χ3v) is 6.39. The molecular weight excluding hydrogens is 492 g/mol. The molecule has 0 atom stereocenters. The second kappa shape index (κ2) is 16.0. The molecule has 0 unspecified atom stereocenters. The molecular formula is C29H38O7S. The molecule has 2 aromatic rings. The number of rotatable bonds is 17. The molecule has 0 radical (unpaired) electrons. The fourth-order valence-corrected chi connectivity index (χ4v) is 4.09. The zero-order valence-corrected chi connectivity index (χ0v) is 22.8. The number of carbonyl (C=O) groups is 2. The van der Waals surface area contributed by atoms with E-state index in [4.69, 9.17) is 13.7 Å². The molecule has 0 aliphatic heterocycles. The van der Waals surface area contributed by atoms with Gasteiger partial charge < -0.3 is 9.47 Å². The summed E-state index contributed by atoms with van der Waals surface area (Å²) in [6, 6.07) is 12.6. The minimum Gasteiger partial charge on any atom is -0.493 e. The Kier molecular flexibility index (Phi) is 13.1. The van der Waals surface area contributed by atoms with Crippen LogP contribution >= 0.6 is 0 Å². The van der Waals surface area contributed by atoms with Gasteiger partial charge in [-0.1, -0.05) is 63.3 Å². The Bertz CT molecular complexity index is 1140. The Morgan fingerprint density at radius 1 is 0.865 bits per heavy atom. The molecule has 0 saturated heterocycles. The number of allylic oxidation sites excluding steroid dienone is 1. The van der Waals surface area contributed by atoms with Gasteiger partial charge in [0.2, 0.25) is 0 Å². The van der Waals surface area contributed by atoms with Crippen LogP contribution in [0.2, 0.25) is 0 Å². The van der Waals surface area contributed by atoms with E-state index in [1.165, 1.54) is 18.7 Å². The summed E-state index contributed by atoms with van der Waals surface area (Å²) >= 11 is 0. The van der Waals surface area contributed by atoms with Crippen molar-refractivity contribution in [2.75, 3.05) is 20.0 Å². The molecule has 0 heterocycles. The van der Waals surface area contributed by atoms with Gasteiger partial charge >= 0.3 is 5.97 Å². The zero-order chi connectivity index (χ0) is 27.1. The SMILES string of the molecule is CCC(=O)/C=C/c1ccc(OC(=O)c2ccc(CCCCCCCCCOS(C)(=O)=O)cc2)c(OC)c1. The van der Waals surface area contributed by atoms with Crippen LogP contribution in [0.5, 0.6) is 11.5 Å². The zero-order valence-electron chi connectivity index (χ0n) is 22.0. The summed E-state index contributed by atoms with van der Waals surface area (Å²) in [4.78, 5) is 24.1. The van der Waals surface area contributed by atoms with E-state index < -0.39 is 16.1 Å². The van der Waals surface area contributed by atoms with Crippen molar-refractivity contribution in [2.45, 2.75) is 64.7 Å². The van der Waals surface area contributed by atoms with E-state index in [1.54, 1.807) is 43.3 Å². The van der Waals surface area contributed by atoms with Crippen LogP contribution in [0.4, 0.5) is 0 Å². The topological polar surface area (TPSA) is 96.0 Å². The largest absolute Gasteiger partial charge is 0.493 e. The number of ether oxygens (including phenoxy) is 2. The Morgan fingerprint density at radius 3 is 2.14 bits per heavy atom. The highest BCUT2D eigenvalue weighted by atomic mass is 32.2. The fourth-order valence-electron chi connectivity index (χ4n) is 3.67. The number of benzene rings is 2. The summed E-state index contributed by atoms with van der Waals surface area (Å²) in [5.74, 6) is 0.303. The summed E-state index contributed by atoms with van der Waals surface area (Å²) in [6.45, 7) is 2.07. The Balaban J connectivity index is 1.73. The lowest BCUT2D eigenvalue weighted by Gasteiger charge is -2.10. The van der Waals surface area contributed by atoms with Crippen molar-refractivity contribution in [1.29, 1.82) is 0 Å². The molecule has 202 valence electrons. The third-order valence-electron chi connectivity index (χ3n) is 5.80. The Hall–Kier alpha value is -2.97. The maximum absolute atomic E-state index is 12.6. The number of carbonyl (C=O) groups excluding carboxylic acids is 2. The summed E-state index contributed by atoms with van der Waals surface area (Å²) in [6.07, 6.45) is 13.0. The number of methoxy groups -OCH3 is 1. The van der Waals surface area contributed by atoms with Crippen molar-refractivity contribution in [3.63, 3.8) is 0 Å². The van der Waals surface area contributed by atoms with Crippen LogP contribution in [0.1, 0.15) is 79.8 Å². The molecule has 2 aromatic carbocycles. The monoisotopic (exact) mass is 530 g/mol. The predicted molar refractivity (Wildman–Crippen MR) is 146 cm³/mol. The number of ketones is 1. The molecule has 0 saturated carbocycles. The van der Waals surface area contributed by atoms with Gasteiger partial charge in [-0.15, -0.1) is 0 Å². The van der Waals surface area contributed by atoms with Crippen molar-refractivity contribution in [2.24, 2.45) is 0 Å². The molecule has 2 rings (SSSR count). The normalized spacial score (nSPS) is 11.5. The van der Waals surface area contributed by atoms with Crippen molar-refractivity contribution < 1.29 is 31.7 Å². The summed E-state index contributed by atoms with van der Waals surface area (Å²) < 4.78 is 37.4. The standard InChI is InChI=1S/C29H38O7S/c1-4-26(30)19-15-24-16-20-27(28(22-24)34-2)36-29(31)25-17-13-23(14-18-25)12-10-8-6-5-7-9-11-21-35-37(3,32)33/h13-20,22H,4-12,21H2,1-3H3/b19-15+. The quantitative estimate of drug-likeness (QED) is 0.0795. The highest BCUT2D eigenvalue weighted by Gasteiger charge is 2.13. The number of esters is 1. The van der Waals surface area contributed by atoms with E-state index in [1.807, 2.05) is 12.1 Å². The van der Waals surface area contributed by atoms with Gasteiger partial charge in [0.15, 0.2) is 17.3 Å². The van der Waals surface area contributed by atoms with E-state index in [0.29, 0.717) is 23.5 Å². The molecule has 0 aliphatic rings. The average molecular weight is 531 g/mol. The first-order valence-electron chi connectivity index (χ1n) is 12.8. The molecule has 7 nitrogen and oxygen atoms in total. The van der Waals surface area contributed by atoms with Gasteiger partial charge in [0.05, 0.1) is 25.5 Å². The van der Waals surface area contributed by atoms with Crippen molar-refractivity contribution in [3.05, 3.63) is 65.2 Å². The highest BCUT2D eigenvalue weighted by Crippen LogP contribution is 2.29. The van der Waals surface area contributed by atoms with E-state index in [-0.39, 0.29) is 12.4 Å². The molecule has 0 aliphatic carbocycles. The summed E-state index contributed by atoms with van der Waals surface area (Å²) in [7, 11) is -1.82. The first-order valence-corrected chi connectivity index (χ1v) is 14.6. The number of unbranched alkanes of at least 4 members (excludes halogenated alkanes) is 6. The van der Waals surface area contributed by atoms with Crippen LogP contribution in [0.3, 0.4) is 0 Å². The average Bonchev–Trinajstić information content (AvgIpc) is 2.88. The van der Waals surface area contributed by atoms with Crippen LogP contribution in [0.25, 0.3) is 6.08 Å². The van der Waals surface area contributed by atoms with Crippen LogP contribution in [-0.2, 0) is 25.5 Å². The minimum atomic E-state index is -3.33. The van der Waals surface area contributed by atoms with Gasteiger partial charge in [0, 0.05) is 6.42 Å². The third kappa shape index (κ3) is 12.2. The summed E-state index contributed by atoms with van der Waals surface area (Å²) in [5, 5.41) is 0. The lowest BCUT2D eigenvalue weighted by molar-refractivity contribution is -0.114. The van der Waals surface area contributed by atoms with Crippen LogP contribution in [0, 0.1) is 0 Å². The second-order valence-electron chi connectivity index (χ2n) is 8.90. The van der Waals surface area contributed by atoms with E-state index in [2.05, 4.69) is 0 Å². The number of hydrogen-bond acceptors (Lipinski definition) is 7. The maximum atomic E-state index is 12.6. The molecule has 0 fully saturated rings. The van der Waals surface area contributed by atoms with Gasteiger partial charge in [-0.3, -0.25) is 8.98 Å². The molecule has 0 aromatic heterocycles. The molecule has 0 spiro atoms. The molecule has 0 amide bonds. The van der Waals surface area contributed by atoms with E-state index >= 15 is 0 Å². The lowest BCUT2D eigenvalue weighted by Crippen LogP contribution is -2.09. The van der Waals surface area contributed by atoms with E-state index in [9.17, 15) is 18.0 Å². The van der Waals surface area contributed by atoms with Gasteiger partial charge in [-0.05, 0) is 60.7 Å². The molecule has 0 N–H and O–H groups in total. The molecule has 0 bridgehead atoms. The fraction of sp³-hybridized carbons (Fsp3) is 0.448. The van der Waals surface area contributed by atoms with Gasteiger partial charge in [0.25, 0.3) is 10.1 Å². The predicted octanol–water partition coefficient (Wildman–Crippen LogP) is 6.16. The van der Waals surface area contributed by atoms with Crippen LogP contribution in [0.15, 0.2) is 48.5 Å². The van der Waals surface area contributed by atoms with Gasteiger partial charge in [-0.25, -0.2) is 4.79 Å². The molecule has 8 heteroatoms. The number of hydrogen-bond donors (Lipinski definition) is 0. The van der Waals surface area contributed by atoms with Crippen LogP contribution in [-0.4, -0.2) is 40.1 Å². The molecule has 37 heavy (non-hydrogen) atoms. The van der Waals surface area contributed by atoms with Crippen LogP contribution < -0.4 is 9.47 Å². The smallest absolute Gasteiger partial charge is 0.343 e. The first-order chi connectivity index (χ1) is 17.7. The Morgan fingerprint density at radius 2 is 1.51 bits per heavy atom. The van der Waals surface area contributed by atoms with Crippen molar-refractivity contribution in [1.82, 2.24) is 0 Å². The Labute approximate surface area is 221 Å². The van der Waals surface area contributed by atoms with Crippen molar-refractivity contribution >= 4 is 27.9 Å². The van der Waals surface area contributed by atoms with Gasteiger partial charge in [-0.2, -0.15) is 8.42 Å². The van der Waals surface area contributed by atoms with E-state index in [0.717, 1.165) is 63.2 Å². The maximum Gasteiger partial charge on any atom is 0.343 e.